The van der Waals surface area contributed by atoms with Gasteiger partial charge in [-0.1, -0.05) is 0 Å². The molecule has 0 spiro atoms. The van der Waals surface area contributed by atoms with E-state index in [0.29, 0.717) is 0 Å². The van der Waals surface area contributed by atoms with Crippen LogP contribution in [0.25, 0.3) is 0 Å². The van der Waals surface area contributed by atoms with Crippen molar-refractivity contribution < 1.29 is 49.5 Å². The summed E-state index contributed by atoms with van der Waals surface area (Å²) in [6.07, 6.45) is -9.39. The van der Waals surface area contributed by atoms with Gasteiger partial charge in [-0.05, 0) is 0 Å². The Kier molecular flexibility index (Phi) is 9.23. The average Bonchev–Trinajstić information content (AvgIpc) is 2.56. The second-order valence-electron chi connectivity index (χ2n) is 5.34. The summed E-state index contributed by atoms with van der Waals surface area (Å²) in [5, 5.41) is 66.0. The number of carbonyl (C=O) groups is 2. The zero-order valence-corrected chi connectivity index (χ0v) is 13.4. The third kappa shape index (κ3) is 7.42. The summed E-state index contributed by atoms with van der Waals surface area (Å²) in [6, 6.07) is 0. The van der Waals surface area contributed by atoms with Gasteiger partial charge in [0.25, 0.3) is 0 Å². The summed E-state index contributed by atoms with van der Waals surface area (Å²) in [4.78, 5) is 22.8. The molecule has 0 aliphatic carbocycles. The normalized spacial score (nSPS) is 29.0. The Labute approximate surface area is 146 Å². The first-order valence-corrected chi connectivity index (χ1v) is 7.43. The van der Waals surface area contributed by atoms with Crippen molar-refractivity contribution in [2.45, 2.75) is 43.5 Å². The lowest BCUT2D eigenvalue weighted by molar-refractivity contribution is -0.291. The van der Waals surface area contributed by atoms with Crippen LogP contribution in [0.3, 0.4) is 0 Å². The molecule has 0 radical (unpaired) electrons. The molecule has 0 aromatic heterocycles. The minimum atomic E-state index is -1.87. The largest absolute Gasteiger partial charge is 0.762 e. The number of ether oxygens (including phenoxy) is 3. The molecule has 1 aliphatic rings. The Hall–Kier alpha value is -1.46. The van der Waals surface area contributed by atoms with Gasteiger partial charge >= 0.3 is 11.9 Å². The topological polar surface area (TPSA) is 216 Å². The zero-order valence-electron chi connectivity index (χ0n) is 13.4. The van der Waals surface area contributed by atoms with Gasteiger partial charge in [0.1, 0.15) is 24.9 Å². The van der Waals surface area contributed by atoms with E-state index in [9.17, 15) is 35.3 Å². The molecule has 0 unspecified atom stereocenters. The van der Waals surface area contributed by atoms with Crippen LogP contribution in [0, 0.1) is 10.4 Å². The van der Waals surface area contributed by atoms with Crippen molar-refractivity contribution in [2.75, 3.05) is 19.7 Å². The molecule has 0 bridgehead atoms. The highest BCUT2D eigenvalue weighted by Gasteiger charge is 2.46. The highest BCUT2D eigenvalue weighted by molar-refractivity contribution is 5.70. The molecule has 0 aromatic rings. The summed E-state index contributed by atoms with van der Waals surface area (Å²) in [5.41, 5.74) is 0. The second-order valence-corrected chi connectivity index (χ2v) is 5.34. The van der Waals surface area contributed by atoms with E-state index >= 15 is 0 Å². The van der Waals surface area contributed by atoms with E-state index in [1.807, 2.05) is 0 Å². The van der Waals surface area contributed by atoms with E-state index in [2.05, 4.69) is 4.74 Å². The fourth-order valence-corrected chi connectivity index (χ4v) is 2.02. The molecule has 0 amide bonds. The smallest absolute Gasteiger partial charge is 0.307 e. The number of aliphatic hydroxyl groups excluding tert-OH is 3. The first-order chi connectivity index (χ1) is 12.1. The molecule has 1 aliphatic heterocycles. The average molecular weight is 384 g/mol. The molecule has 152 valence electrons. The van der Waals surface area contributed by atoms with Crippen LogP contribution in [-0.4, -0.2) is 98.5 Å². The Morgan fingerprint density at radius 2 is 1.50 bits per heavy atom. The number of nitrogens with zero attached hydrogens (tertiary/aromatic N) is 2. The van der Waals surface area contributed by atoms with Crippen molar-refractivity contribution in [1.29, 1.82) is 0 Å². The first kappa shape index (κ1) is 22.6. The van der Waals surface area contributed by atoms with Gasteiger partial charge in [-0.2, -0.15) is 0 Å². The van der Waals surface area contributed by atoms with Gasteiger partial charge in [0.15, 0.2) is 12.4 Å². The van der Waals surface area contributed by atoms with E-state index < -0.39 is 85.6 Å². The predicted octanol–water partition coefficient (Wildman–Crippen LogP) is -2.96. The van der Waals surface area contributed by atoms with Crippen molar-refractivity contribution in [3.8, 4) is 0 Å². The van der Waals surface area contributed by atoms with E-state index in [-0.39, 0.29) is 0 Å². The van der Waals surface area contributed by atoms with Crippen molar-refractivity contribution in [3.63, 3.8) is 0 Å². The van der Waals surface area contributed by atoms with Crippen molar-refractivity contribution >= 4 is 11.9 Å². The number of rotatable bonds is 9. The number of aliphatic hydroxyl groups is 3. The minimum Gasteiger partial charge on any atom is -0.762 e. The monoisotopic (exact) mass is 384 g/mol. The van der Waals surface area contributed by atoms with Crippen LogP contribution in [0.2, 0.25) is 0 Å². The molecule has 26 heavy (non-hydrogen) atoms. The van der Waals surface area contributed by atoms with E-state index in [1.165, 1.54) is 0 Å². The standard InChI is InChI=1S/C12H20N2O12/c15-7(1-3-13(20)21)24-5-6-9(17)10(18)11(12(19)25-6)26-8(16)2-4-14(22)23/h6,9-12,17-20,22H,1-5H2/q-2/t6-,9-,10+,11-,12+/m1/s1. The maximum absolute atomic E-state index is 11.5. The number of esters is 2. The second kappa shape index (κ2) is 10.6. The summed E-state index contributed by atoms with van der Waals surface area (Å²) >= 11 is 0. The SMILES string of the molecule is O=C(CCN([O-])O)OC[C@H]1O[C@H](O)[C@H](OC(=O)CCN([O-])O)[C@@H](O)[C@@H]1O. The van der Waals surface area contributed by atoms with Gasteiger partial charge in [0.05, 0.1) is 12.8 Å². The maximum Gasteiger partial charge on any atom is 0.307 e. The fourth-order valence-electron chi connectivity index (χ4n) is 2.02. The Morgan fingerprint density at radius 3 is 2.04 bits per heavy atom. The molecule has 1 heterocycles. The minimum absolute atomic E-state index is 0.449. The lowest BCUT2D eigenvalue weighted by atomic mass is 9.99. The molecule has 0 saturated carbocycles. The molecular weight excluding hydrogens is 364 g/mol. The summed E-state index contributed by atoms with van der Waals surface area (Å²) < 4.78 is 14.3. The molecule has 14 heteroatoms. The van der Waals surface area contributed by atoms with Gasteiger partial charge in [0, 0.05) is 13.1 Å². The Morgan fingerprint density at radius 1 is 0.962 bits per heavy atom. The van der Waals surface area contributed by atoms with Crippen LogP contribution in [-0.2, 0) is 23.8 Å². The van der Waals surface area contributed by atoms with Crippen molar-refractivity contribution in [2.24, 2.45) is 0 Å². The highest BCUT2D eigenvalue weighted by atomic mass is 16.8. The molecule has 1 rings (SSSR count). The van der Waals surface area contributed by atoms with Crippen molar-refractivity contribution in [1.82, 2.24) is 10.5 Å². The molecule has 5 N–H and O–H groups in total. The molecule has 14 nitrogen and oxygen atoms in total. The van der Waals surface area contributed by atoms with Crippen LogP contribution < -0.4 is 0 Å². The van der Waals surface area contributed by atoms with E-state index in [1.54, 1.807) is 0 Å². The quantitative estimate of drug-likeness (QED) is 0.198. The molecule has 5 atom stereocenters. The highest BCUT2D eigenvalue weighted by Crippen LogP contribution is 2.23. The van der Waals surface area contributed by atoms with Crippen LogP contribution >= 0.6 is 0 Å². The third-order valence-corrected chi connectivity index (χ3v) is 3.35. The van der Waals surface area contributed by atoms with E-state index in [4.69, 9.17) is 19.9 Å². The van der Waals surface area contributed by atoms with Gasteiger partial charge in [-0.3, -0.25) is 20.0 Å². The maximum atomic E-state index is 11.5. The molecule has 1 saturated heterocycles. The van der Waals surface area contributed by atoms with Gasteiger partial charge in [-0.25, -0.2) is 0 Å². The number of hydrogen-bond donors (Lipinski definition) is 5. The van der Waals surface area contributed by atoms with Crippen LogP contribution in [0.4, 0.5) is 0 Å². The number of hydroxylamine groups is 4. The van der Waals surface area contributed by atoms with E-state index in [0.717, 1.165) is 0 Å². The van der Waals surface area contributed by atoms with Crippen LogP contribution in [0.1, 0.15) is 12.8 Å². The molecule has 0 aromatic carbocycles. The van der Waals surface area contributed by atoms with Crippen LogP contribution in [0.15, 0.2) is 0 Å². The first-order valence-electron chi connectivity index (χ1n) is 7.43. The van der Waals surface area contributed by atoms with Gasteiger partial charge in [0.2, 0.25) is 0 Å². The van der Waals surface area contributed by atoms with Crippen LogP contribution in [0.5, 0.6) is 0 Å². The lowest BCUT2D eigenvalue weighted by Gasteiger charge is -2.39. The summed E-state index contributed by atoms with van der Waals surface area (Å²) in [5.74, 6) is -1.95. The summed E-state index contributed by atoms with van der Waals surface area (Å²) in [7, 11) is 0. The van der Waals surface area contributed by atoms with Gasteiger partial charge in [-0.15, -0.1) is 0 Å². The lowest BCUT2D eigenvalue weighted by Crippen LogP contribution is -2.60. The Balaban J connectivity index is 2.49. The fraction of sp³-hybridized carbons (Fsp3) is 0.833. The van der Waals surface area contributed by atoms with Crippen molar-refractivity contribution in [3.05, 3.63) is 10.4 Å². The number of carbonyl (C=O) groups excluding carboxylic acids is 2. The van der Waals surface area contributed by atoms with Gasteiger partial charge < -0.3 is 50.4 Å². The molecule has 1 fully saturated rings. The predicted molar refractivity (Wildman–Crippen MR) is 76.7 cm³/mol. The summed E-state index contributed by atoms with van der Waals surface area (Å²) in [6.45, 7) is -1.73. The number of hydrogen-bond acceptors (Lipinski definition) is 14. The zero-order chi connectivity index (χ0) is 19.9. The Bertz CT molecular complexity index is 459. The third-order valence-electron chi connectivity index (χ3n) is 3.35. The molecular formula is C12H20N2O12-2.